The molecule has 1 atom stereocenters. The summed E-state index contributed by atoms with van der Waals surface area (Å²) in [6.45, 7) is 4.15. The summed E-state index contributed by atoms with van der Waals surface area (Å²) in [4.78, 5) is 0. The van der Waals surface area contributed by atoms with E-state index in [4.69, 9.17) is 5.11 Å². The Morgan fingerprint density at radius 2 is 1.00 bits per heavy atom. The largest absolute Gasteiger partial charge is 0.393 e. The Morgan fingerprint density at radius 3 is 1.36 bits per heavy atom. The van der Waals surface area contributed by atoms with Crippen LogP contribution in [0.5, 0.6) is 0 Å². The molecule has 0 fully saturated rings. The molecule has 22 heavy (non-hydrogen) atoms. The van der Waals surface area contributed by atoms with Gasteiger partial charge in [0.1, 0.15) is 0 Å². The Kier molecular flexibility index (Phi) is 19.0. The molecule has 0 rings (SSSR count). The molecule has 0 aromatic heterocycles. The summed E-state index contributed by atoms with van der Waals surface area (Å²) in [5.41, 5.74) is 0. The molecule has 0 aromatic rings. The molecule has 0 aliphatic carbocycles. The molecule has 133 valence electrons. The minimum Gasteiger partial charge on any atom is -0.393 e. The van der Waals surface area contributed by atoms with E-state index in [0.717, 1.165) is 6.42 Å². The molecule has 0 aliphatic rings. The standard InChI is InChI=1S/C21H43O/c1-3-4-5-6-7-8-9-10-11-12-13-14-15-16-17-18-19-20-21(2)22/h19,21-22H,3-18,20H2,1-2H3. The van der Waals surface area contributed by atoms with Crippen molar-refractivity contribution in [2.75, 3.05) is 0 Å². The Balaban J connectivity index is 2.94. The van der Waals surface area contributed by atoms with Gasteiger partial charge in [-0.3, -0.25) is 0 Å². The van der Waals surface area contributed by atoms with Crippen molar-refractivity contribution in [3.63, 3.8) is 0 Å². The van der Waals surface area contributed by atoms with E-state index in [0.29, 0.717) is 0 Å². The molecular weight excluding hydrogens is 268 g/mol. The van der Waals surface area contributed by atoms with Crippen LogP contribution in [0.2, 0.25) is 0 Å². The average Bonchev–Trinajstić information content (AvgIpc) is 2.50. The second kappa shape index (κ2) is 19.0. The van der Waals surface area contributed by atoms with Crippen molar-refractivity contribution in [1.82, 2.24) is 0 Å². The lowest BCUT2D eigenvalue weighted by atomic mass is 10.0. The SMILES string of the molecule is CCCCCCCCCCCCCCCCC[CH]CC(C)O. The summed E-state index contributed by atoms with van der Waals surface area (Å²) in [5.74, 6) is 0. The zero-order valence-corrected chi connectivity index (χ0v) is 15.6. The molecule has 0 amide bonds. The molecule has 1 heteroatoms. The van der Waals surface area contributed by atoms with Gasteiger partial charge in [-0.25, -0.2) is 0 Å². The summed E-state index contributed by atoms with van der Waals surface area (Å²) in [5, 5.41) is 9.15. The lowest BCUT2D eigenvalue weighted by molar-refractivity contribution is 0.193. The van der Waals surface area contributed by atoms with Gasteiger partial charge >= 0.3 is 0 Å². The molecule has 1 nitrogen and oxygen atoms in total. The van der Waals surface area contributed by atoms with Gasteiger partial charge in [-0.15, -0.1) is 0 Å². The van der Waals surface area contributed by atoms with Crippen molar-refractivity contribution in [3.8, 4) is 0 Å². The molecule has 1 radical (unpaired) electrons. The van der Waals surface area contributed by atoms with Crippen LogP contribution in [0, 0.1) is 6.42 Å². The van der Waals surface area contributed by atoms with Crippen molar-refractivity contribution in [2.24, 2.45) is 0 Å². The summed E-state index contributed by atoms with van der Waals surface area (Å²) < 4.78 is 0. The second-order valence-corrected chi connectivity index (χ2v) is 7.11. The lowest BCUT2D eigenvalue weighted by Gasteiger charge is -2.04. The zero-order chi connectivity index (χ0) is 16.3. The first-order valence-electron chi connectivity index (χ1n) is 10.3. The number of unbranched alkanes of at least 4 members (excludes halogenated alkanes) is 16. The maximum atomic E-state index is 9.15. The first-order chi connectivity index (χ1) is 10.8. The van der Waals surface area contributed by atoms with Crippen LogP contribution in [-0.4, -0.2) is 11.2 Å². The number of hydrogen-bond acceptors (Lipinski definition) is 1. The van der Waals surface area contributed by atoms with Gasteiger partial charge in [0.05, 0.1) is 6.10 Å². The van der Waals surface area contributed by atoms with E-state index in [1.165, 1.54) is 103 Å². The molecule has 0 aromatic carbocycles. The van der Waals surface area contributed by atoms with Crippen LogP contribution in [0.15, 0.2) is 0 Å². The maximum Gasteiger partial charge on any atom is 0.0514 e. The number of aliphatic hydroxyl groups is 1. The molecule has 0 saturated carbocycles. The first kappa shape index (κ1) is 22.0. The Bertz CT molecular complexity index is 188. The van der Waals surface area contributed by atoms with Crippen LogP contribution in [0.4, 0.5) is 0 Å². The van der Waals surface area contributed by atoms with Gasteiger partial charge in [0.15, 0.2) is 0 Å². The van der Waals surface area contributed by atoms with Gasteiger partial charge < -0.3 is 5.11 Å². The van der Waals surface area contributed by atoms with E-state index in [-0.39, 0.29) is 6.10 Å². The predicted octanol–water partition coefficient (Wildman–Crippen LogP) is 7.22. The lowest BCUT2D eigenvalue weighted by Crippen LogP contribution is -1.98. The molecule has 0 bridgehead atoms. The third-order valence-corrected chi connectivity index (χ3v) is 4.52. The molecule has 0 aliphatic heterocycles. The van der Waals surface area contributed by atoms with Gasteiger partial charge in [0.25, 0.3) is 0 Å². The highest BCUT2D eigenvalue weighted by molar-refractivity contribution is 4.67. The van der Waals surface area contributed by atoms with Crippen LogP contribution in [0.3, 0.4) is 0 Å². The zero-order valence-electron chi connectivity index (χ0n) is 15.6. The van der Waals surface area contributed by atoms with Gasteiger partial charge in [-0.05, 0) is 19.8 Å². The average molecular weight is 312 g/mol. The fraction of sp³-hybridized carbons (Fsp3) is 0.952. The highest BCUT2D eigenvalue weighted by Crippen LogP contribution is 2.14. The van der Waals surface area contributed by atoms with Crippen molar-refractivity contribution >= 4 is 0 Å². The van der Waals surface area contributed by atoms with Gasteiger partial charge in [-0.2, -0.15) is 0 Å². The van der Waals surface area contributed by atoms with Crippen LogP contribution < -0.4 is 0 Å². The Labute approximate surface area is 141 Å². The summed E-state index contributed by atoms with van der Waals surface area (Å²) in [7, 11) is 0. The maximum absolute atomic E-state index is 9.15. The number of aliphatic hydroxyl groups excluding tert-OH is 1. The normalized spacial score (nSPS) is 12.7. The van der Waals surface area contributed by atoms with Crippen LogP contribution in [0.1, 0.15) is 123 Å². The number of hydrogen-bond donors (Lipinski definition) is 1. The Hall–Kier alpha value is -0.0400. The van der Waals surface area contributed by atoms with E-state index in [2.05, 4.69) is 13.3 Å². The second-order valence-electron chi connectivity index (χ2n) is 7.11. The summed E-state index contributed by atoms with van der Waals surface area (Å²) >= 11 is 0. The highest BCUT2D eigenvalue weighted by atomic mass is 16.3. The third-order valence-electron chi connectivity index (χ3n) is 4.52. The third kappa shape index (κ3) is 20.0. The Morgan fingerprint density at radius 1 is 0.636 bits per heavy atom. The minimum atomic E-state index is -0.156. The predicted molar refractivity (Wildman–Crippen MR) is 100 cm³/mol. The highest BCUT2D eigenvalue weighted by Gasteiger charge is 1.97. The van der Waals surface area contributed by atoms with Gasteiger partial charge in [0, 0.05) is 0 Å². The molecule has 1 N–H and O–H groups in total. The van der Waals surface area contributed by atoms with Crippen LogP contribution >= 0.6 is 0 Å². The van der Waals surface area contributed by atoms with Crippen molar-refractivity contribution < 1.29 is 5.11 Å². The smallest absolute Gasteiger partial charge is 0.0514 e. The molecule has 1 unspecified atom stereocenters. The van der Waals surface area contributed by atoms with E-state index < -0.39 is 0 Å². The van der Waals surface area contributed by atoms with E-state index in [1.807, 2.05) is 6.92 Å². The minimum absolute atomic E-state index is 0.156. The molecule has 0 heterocycles. The van der Waals surface area contributed by atoms with Crippen molar-refractivity contribution in [1.29, 1.82) is 0 Å². The molecular formula is C21H43O. The monoisotopic (exact) mass is 311 g/mol. The van der Waals surface area contributed by atoms with Gasteiger partial charge in [0.2, 0.25) is 0 Å². The van der Waals surface area contributed by atoms with Crippen LogP contribution in [-0.2, 0) is 0 Å². The summed E-state index contributed by atoms with van der Waals surface area (Å²) in [6.07, 6.45) is 25.5. The first-order valence-corrected chi connectivity index (χ1v) is 10.3. The topological polar surface area (TPSA) is 20.2 Å². The fourth-order valence-electron chi connectivity index (χ4n) is 3.02. The van der Waals surface area contributed by atoms with Crippen LogP contribution in [0.25, 0.3) is 0 Å². The van der Waals surface area contributed by atoms with E-state index >= 15 is 0 Å². The van der Waals surface area contributed by atoms with Crippen molar-refractivity contribution in [3.05, 3.63) is 6.42 Å². The number of rotatable bonds is 18. The van der Waals surface area contributed by atoms with E-state index in [1.54, 1.807) is 0 Å². The van der Waals surface area contributed by atoms with E-state index in [9.17, 15) is 0 Å². The fourth-order valence-corrected chi connectivity index (χ4v) is 3.02. The van der Waals surface area contributed by atoms with Gasteiger partial charge in [-0.1, -0.05) is 110 Å². The molecule has 0 saturated heterocycles. The molecule has 0 spiro atoms. The van der Waals surface area contributed by atoms with Crippen molar-refractivity contribution in [2.45, 2.75) is 129 Å². The summed E-state index contributed by atoms with van der Waals surface area (Å²) in [6, 6.07) is 0. The quantitative estimate of drug-likeness (QED) is 0.265.